The van der Waals surface area contributed by atoms with Gasteiger partial charge in [-0.3, -0.25) is 0 Å². The summed E-state index contributed by atoms with van der Waals surface area (Å²) in [6.07, 6.45) is 0. The first-order valence-corrected chi connectivity index (χ1v) is 7.91. The van der Waals surface area contributed by atoms with Crippen LogP contribution in [-0.2, 0) is 4.74 Å². The van der Waals surface area contributed by atoms with Crippen molar-refractivity contribution < 1.29 is 9.53 Å². The zero-order valence-corrected chi connectivity index (χ0v) is 13.9. The molecule has 19 heavy (non-hydrogen) atoms. The predicted molar refractivity (Wildman–Crippen MR) is 83.2 cm³/mol. The maximum atomic E-state index is 11.5. The van der Waals surface area contributed by atoms with E-state index in [1.807, 2.05) is 18.2 Å². The molecule has 0 amide bonds. The molecule has 0 fully saturated rings. The molecule has 0 unspecified atom stereocenters. The second-order valence-electron chi connectivity index (χ2n) is 3.51. The number of rotatable bonds is 4. The Morgan fingerprint density at radius 1 is 1.47 bits per heavy atom. The number of aromatic nitrogens is 1. The Morgan fingerprint density at radius 2 is 2.26 bits per heavy atom. The van der Waals surface area contributed by atoms with E-state index in [1.165, 1.54) is 11.3 Å². The van der Waals surface area contributed by atoms with Gasteiger partial charge in [-0.2, -0.15) is 0 Å². The van der Waals surface area contributed by atoms with E-state index in [1.54, 1.807) is 12.3 Å². The molecule has 1 aromatic carbocycles. The number of benzene rings is 1. The number of carbonyl (C=O) groups excluding carboxylic acids is 1. The summed E-state index contributed by atoms with van der Waals surface area (Å²) in [7, 11) is 0. The Hall–Kier alpha value is -0.920. The minimum absolute atomic E-state index is 0.320. The van der Waals surface area contributed by atoms with Gasteiger partial charge in [-0.1, -0.05) is 15.9 Å². The van der Waals surface area contributed by atoms with Crippen LogP contribution in [0.3, 0.4) is 0 Å². The molecule has 100 valence electrons. The number of thiazole rings is 1. The summed E-state index contributed by atoms with van der Waals surface area (Å²) in [5.41, 5.74) is 1.19. The van der Waals surface area contributed by atoms with E-state index in [-0.39, 0.29) is 0 Å². The van der Waals surface area contributed by atoms with Crippen LogP contribution in [0.4, 0.5) is 10.8 Å². The van der Waals surface area contributed by atoms with E-state index in [9.17, 15) is 4.79 Å². The lowest BCUT2D eigenvalue weighted by Gasteiger charge is -2.05. The second-order valence-corrected chi connectivity index (χ2v) is 6.14. The van der Waals surface area contributed by atoms with Crippen molar-refractivity contribution in [2.75, 3.05) is 11.9 Å². The van der Waals surface area contributed by atoms with Gasteiger partial charge in [0.15, 0.2) is 10.8 Å². The fraction of sp³-hybridized carbons (Fsp3) is 0.167. The number of esters is 1. The number of halogens is 2. The Labute approximate surface area is 131 Å². The van der Waals surface area contributed by atoms with Crippen molar-refractivity contribution in [3.63, 3.8) is 0 Å². The third kappa shape index (κ3) is 3.77. The van der Waals surface area contributed by atoms with Crippen LogP contribution >= 0.6 is 43.2 Å². The molecule has 0 bridgehead atoms. The number of carbonyl (C=O) groups is 1. The van der Waals surface area contributed by atoms with Crippen LogP contribution in [0.5, 0.6) is 0 Å². The molecule has 7 heteroatoms. The van der Waals surface area contributed by atoms with Gasteiger partial charge >= 0.3 is 5.97 Å². The molecule has 0 aliphatic rings. The van der Waals surface area contributed by atoms with Gasteiger partial charge in [-0.15, -0.1) is 11.3 Å². The smallest absolute Gasteiger partial charge is 0.357 e. The van der Waals surface area contributed by atoms with Gasteiger partial charge in [-0.05, 0) is 41.1 Å². The number of nitrogens with one attached hydrogen (secondary N) is 1. The van der Waals surface area contributed by atoms with Crippen LogP contribution in [-0.4, -0.2) is 17.6 Å². The highest BCUT2D eigenvalue weighted by Gasteiger charge is 2.12. The fourth-order valence-corrected chi connectivity index (χ4v) is 2.74. The van der Waals surface area contributed by atoms with Crippen molar-refractivity contribution in [1.82, 2.24) is 4.98 Å². The average Bonchev–Trinajstić information content (AvgIpc) is 2.83. The summed E-state index contributed by atoms with van der Waals surface area (Å²) in [5, 5.41) is 5.47. The van der Waals surface area contributed by atoms with Gasteiger partial charge in [-0.25, -0.2) is 9.78 Å². The van der Waals surface area contributed by atoms with Crippen LogP contribution in [0, 0.1) is 0 Å². The highest BCUT2D eigenvalue weighted by Crippen LogP contribution is 2.30. The van der Waals surface area contributed by atoms with Gasteiger partial charge in [0.05, 0.1) is 12.3 Å². The van der Waals surface area contributed by atoms with Crippen LogP contribution < -0.4 is 5.32 Å². The van der Waals surface area contributed by atoms with Gasteiger partial charge in [0.1, 0.15) is 0 Å². The van der Waals surface area contributed by atoms with Gasteiger partial charge in [0.25, 0.3) is 0 Å². The highest BCUT2D eigenvalue weighted by molar-refractivity contribution is 9.11. The molecule has 2 rings (SSSR count). The molecule has 0 saturated heterocycles. The molecule has 2 aromatic rings. The SMILES string of the molecule is CCOC(=O)c1csc(Nc2cc(Br)ccc2Br)n1. The van der Waals surface area contributed by atoms with E-state index >= 15 is 0 Å². The number of anilines is 2. The predicted octanol–water partition coefficient (Wildman–Crippen LogP) is 4.59. The molecule has 0 saturated carbocycles. The third-order valence-electron chi connectivity index (χ3n) is 2.16. The summed E-state index contributed by atoms with van der Waals surface area (Å²) in [6, 6.07) is 5.78. The Balaban J connectivity index is 2.15. The van der Waals surface area contributed by atoms with Crippen molar-refractivity contribution in [3.8, 4) is 0 Å². The molecule has 0 radical (unpaired) electrons. The lowest BCUT2D eigenvalue weighted by atomic mass is 10.3. The van der Waals surface area contributed by atoms with Gasteiger partial charge in [0, 0.05) is 14.3 Å². The van der Waals surface area contributed by atoms with Crippen LogP contribution in [0.25, 0.3) is 0 Å². The number of hydrogen-bond acceptors (Lipinski definition) is 5. The molecule has 0 aliphatic heterocycles. The third-order valence-corrected chi connectivity index (χ3v) is 4.10. The monoisotopic (exact) mass is 404 g/mol. The van der Waals surface area contributed by atoms with E-state index in [0.29, 0.717) is 17.4 Å². The minimum atomic E-state index is -0.403. The molecular weight excluding hydrogens is 396 g/mol. The summed E-state index contributed by atoms with van der Waals surface area (Å²) < 4.78 is 6.77. The number of ether oxygens (including phenoxy) is 1. The zero-order chi connectivity index (χ0) is 13.8. The molecular formula is C12H10Br2N2O2S. The summed E-state index contributed by atoms with van der Waals surface area (Å²) in [5.74, 6) is -0.403. The molecule has 1 heterocycles. The Kier molecular flexibility index (Phi) is 4.95. The normalized spacial score (nSPS) is 10.3. The Bertz CT molecular complexity index is 601. The standard InChI is InChI=1S/C12H10Br2N2O2S/c1-2-18-11(17)10-6-19-12(16-10)15-9-5-7(13)3-4-8(9)14/h3-6H,2H2,1H3,(H,15,16). The summed E-state index contributed by atoms with van der Waals surface area (Å²) in [4.78, 5) is 15.7. The first kappa shape index (κ1) is 14.5. The molecule has 1 N–H and O–H groups in total. The quantitative estimate of drug-likeness (QED) is 0.755. The highest BCUT2D eigenvalue weighted by atomic mass is 79.9. The van der Waals surface area contributed by atoms with Crippen molar-refractivity contribution in [3.05, 3.63) is 38.2 Å². The van der Waals surface area contributed by atoms with Gasteiger partial charge in [0.2, 0.25) is 0 Å². The topological polar surface area (TPSA) is 51.2 Å². The van der Waals surface area contributed by atoms with Crippen molar-refractivity contribution >= 4 is 60.0 Å². The summed E-state index contributed by atoms with van der Waals surface area (Å²) >= 11 is 8.21. The zero-order valence-electron chi connectivity index (χ0n) is 9.94. The Morgan fingerprint density at radius 3 is 3.00 bits per heavy atom. The molecule has 1 aromatic heterocycles. The molecule has 0 spiro atoms. The van der Waals surface area contributed by atoms with E-state index in [4.69, 9.17) is 4.74 Å². The van der Waals surface area contributed by atoms with Crippen LogP contribution in [0.1, 0.15) is 17.4 Å². The summed E-state index contributed by atoms with van der Waals surface area (Å²) in [6.45, 7) is 2.11. The van der Waals surface area contributed by atoms with Crippen LogP contribution in [0.15, 0.2) is 32.5 Å². The van der Waals surface area contributed by atoms with Crippen molar-refractivity contribution in [2.24, 2.45) is 0 Å². The van der Waals surface area contributed by atoms with Crippen molar-refractivity contribution in [1.29, 1.82) is 0 Å². The van der Waals surface area contributed by atoms with Crippen molar-refractivity contribution in [2.45, 2.75) is 6.92 Å². The molecule has 4 nitrogen and oxygen atoms in total. The van der Waals surface area contributed by atoms with Gasteiger partial charge < -0.3 is 10.1 Å². The number of nitrogens with zero attached hydrogens (tertiary/aromatic N) is 1. The first-order chi connectivity index (χ1) is 9.10. The van der Waals surface area contributed by atoms with E-state index in [2.05, 4.69) is 42.2 Å². The first-order valence-electron chi connectivity index (χ1n) is 5.45. The minimum Gasteiger partial charge on any atom is -0.461 e. The van der Waals surface area contributed by atoms with Crippen LogP contribution in [0.2, 0.25) is 0 Å². The lowest BCUT2D eigenvalue weighted by Crippen LogP contribution is -2.05. The fourth-order valence-electron chi connectivity index (χ4n) is 1.34. The average molecular weight is 406 g/mol. The second kappa shape index (κ2) is 6.49. The van der Waals surface area contributed by atoms with E-state index in [0.717, 1.165) is 14.6 Å². The van der Waals surface area contributed by atoms with E-state index < -0.39 is 5.97 Å². The maximum Gasteiger partial charge on any atom is 0.357 e. The number of hydrogen-bond donors (Lipinski definition) is 1. The maximum absolute atomic E-state index is 11.5. The largest absolute Gasteiger partial charge is 0.461 e. The molecule has 0 atom stereocenters. The lowest BCUT2D eigenvalue weighted by molar-refractivity contribution is 0.0520. The molecule has 0 aliphatic carbocycles.